The van der Waals surface area contributed by atoms with Crippen molar-refractivity contribution in [3.8, 4) is 11.3 Å². The van der Waals surface area contributed by atoms with E-state index < -0.39 is 6.10 Å². The van der Waals surface area contributed by atoms with Crippen molar-refractivity contribution in [1.29, 1.82) is 0 Å². The zero-order valence-corrected chi connectivity index (χ0v) is 13.0. The highest BCUT2D eigenvalue weighted by molar-refractivity contribution is 6.00. The number of nitrogens with zero attached hydrogens (tertiary/aromatic N) is 2. The minimum absolute atomic E-state index is 0.0647. The first-order chi connectivity index (χ1) is 11.1. The van der Waals surface area contributed by atoms with E-state index in [0.29, 0.717) is 30.0 Å². The van der Waals surface area contributed by atoms with Crippen LogP contribution >= 0.6 is 0 Å². The van der Waals surface area contributed by atoms with Gasteiger partial charge in [-0.1, -0.05) is 35.5 Å². The predicted octanol–water partition coefficient (Wildman–Crippen LogP) is 1.47. The summed E-state index contributed by atoms with van der Waals surface area (Å²) in [7, 11) is 0. The number of β-amino-alcohol motifs (C(OH)–C–C–N with tert-alkyl or cyclic N) is 1. The number of carbonyl (C=O) groups is 1. The first-order valence-corrected chi connectivity index (χ1v) is 7.71. The smallest absolute Gasteiger partial charge is 0.259 e. The Kier molecular flexibility index (Phi) is 4.45. The summed E-state index contributed by atoms with van der Waals surface area (Å²) in [5.41, 5.74) is 1.77. The van der Waals surface area contributed by atoms with Gasteiger partial charge in [-0.3, -0.25) is 4.79 Å². The molecular weight excluding hydrogens is 296 g/mol. The predicted molar refractivity (Wildman–Crippen MR) is 83.8 cm³/mol. The standard InChI is InChI=1S/C17H20N2O4/c1-11-15(16(18-23-11)12-5-3-2-4-6-12)17(22)19-8-7-13(10-20)14(21)9-19/h2-6,13-14,20-21H,7-10H2,1H3/t13-,14-/m1/s1. The van der Waals surface area contributed by atoms with Crippen LogP contribution in [0.1, 0.15) is 22.5 Å². The number of carbonyl (C=O) groups excluding carboxylic acids is 1. The highest BCUT2D eigenvalue weighted by Gasteiger charge is 2.33. The van der Waals surface area contributed by atoms with E-state index >= 15 is 0 Å². The van der Waals surface area contributed by atoms with Gasteiger partial charge in [-0.15, -0.1) is 0 Å². The van der Waals surface area contributed by atoms with Crippen molar-refractivity contribution in [3.05, 3.63) is 41.7 Å². The molecule has 1 aliphatic rings. The van der Waals surface area contributed by atoms with E-state index in [-0.39, 0.29) is 25.0 Å². The maximum Gasteiger partial charge on any atom is 0.259 e. The van der Waals surface area contributed by atoms with Gasteiger partial charge < -0.3 is 19.6 Å². The molecule has 1 aromatic heterocycles. The van der Waals surface area contributed by atoms with E-state index in [1.54, 1.807) is 11.8 Å². The van der Waals surface area contributed by atoms with Crippen molar-refractivity contribution in [1.82, 2.24) is 10.1 Å². The minimum atomic E-state index is -0.710. The summed E-state index contributed by atoms with van der Waals surface area (Å²) in [5, 5.41) is 23.3. The summed E-state index contributed by atoms with van der Waals surface area (Å²) in [5.74, 6) is 0.0990. The van der Waals surface area contributed by atoms with Crippen molar-refractivity contribution in [3.63, 3.8) is 0 Å². The van der Waals surface area contributed by atoms with E-state index in [0.717, 1.165) is 5.56 Å². The van der Waals surface area contributed by atoms with Gasteiger partial charge in [0.15, 0.2) is 0 Å². The number of aliphatic hydroxyl groups is 2. The lowest BCUT2D eigenvalue weighted by Gasteiger charge is -2.35. The summed E-state index contributed by atoms with van der Waals surface area (Å²) in [6.07, 6.45) is -0.132. The summed E-state index contributed by atoms with van der Waals surface area (Å²) in [4.78, 5) is 14.5. The van der Waals surface area contributed by atoms with Crippen molar-refractivity contribution in [2.75, 3.05) is 19.7 Å². The molecular formula is C17H20N2O4. The molecule has 0 aliphatic carbocycles. The quantitative estimate of drug-likeness (QED) is 0.895. The van der Waals surface area contributed by atoms with E-state index in [1.165, 1.54) is 0 Å². The maximum atomic E-state index is 12.9. The third-order valence-corrected chi connectivity index (χ3v) is 4.37. The second-order valence-corrected chi connectivity index (χ2v) is 5.88. The molecule has 2 aromatic rings. The van der Waals surface area contributed by atoms with E-state index in [9.17, 15) is 15.0 Å². The number of aromatic nitrogens is 1. The molecule has 1 saturated heterocycles. The van der Waals surface area contributed by atoms with Gasteiger partial charge in [-0.2, -0.15) is 0 Å². The second kappa shape index (κ2) is 6.52. The van der Waals surface area contributed by atoms with Crippen LogP contribution < -0.4 is 0 Å². The average molecular weight is 316 g/mol. The Hall–Kier alpha value is -2.18. The second-order valence-electron chi connectivity index (χ2n) is 5.88. The van der Waals surface area contributed by atoms with Crippen molar-refractivity contribution in [2.45, 2.75) is 19.4 Å². The zero-order chi connectivity index (χ0) is 16.4. The van der Waals surface area contributed by atoms with Crippen LogP contribution in [-0.4, -0.2) is 52.0 Å². The Balaban J connectivity index is 1.88. The topological polar surface area (TPSA) is 86.8 Å². The SMILES string of the molecule is Cc1onc(-c2ccccc2)c1C(=O)N1CC[C@H](CO)[C@H](O)C1. The van der Waals surface area contributed by atoms with Gasteiger partial charge in [0.2, 0.25) is 0 Å². The lowest BCUT2D eigenvalue weighted by atomic mass is 9.94. The number of rotatable bonds is 3. The molecule has 2 heterocycles. The van der Waals surface area contributed by atoms with E-state index in [4.69, 9.17) is 4.52 Å². The molecule has 6 heteroatoms. The van der Waals surface area contributed by atoms with Crippen molar-refractivity contribution < 1.29 is 19.5 Å². The van der Waals surface area contributed by atoms with Crippen molar-refractivity contribution >= 4 is 5.91 Å². The van der Waals surface area contributed by atoms with Gasteiger partial charge in [0.1, 0.15) is 17.0 Å². The summed E-state index contributed by atoms with van der Waals surface area (Å²) in [6.45, 7) is 2.36. The molecule has 1 amide bonds. The van der Waals surface area contributed by atoms with E-state index in [2.05, 4.69) is 5.16 Å². The zero-order valence-electron chi connectivity index (χ0n) is 13.0. The first-order valence-electron chi connectivity index (χ1n) is 7.71. The number of benzene rings is 1. The van der Waals surface area contributed by atoms with Gasteiger partial charge >= 0.3 is 0 Å². The Morgan fingerprint density at radius 1 is 1.39 bits per heavy atom. The molecule has 2 atom stereocenters. The van der Waals surface area contributed by atoms with Crippen LogP contribution in [0.2, 0.25) is 0 Å². The van der Waals surface area contributed by atoms with Crippen LogP contribution in [-0.2, 0) is 0 Å². The molecule has 0 unspecified atom stereocenters. The Morgan fingerprint density at radius 2 is 2.13 bits per heavy atom. The fourth-order valence-corrected chi connectivity index (χ4v) is 2.95. The molecule has 1 fully saturated rings. The highest BCUT2D eigenvalue weighted by atomic mass is 16.5. The van der Waals surface area contributed by atoms with Crippen LogP contribution in [0.4, 0.5) is 0 Å². The molecule has 23 heavy (non-hydrogen) atoms. The molecule has 0 saturated carbocycles. The molecule has 0 bridgehead atoms. The van der Waals surface area contributed by atoms with Gasteiger partial charge in [-0.05, 0) is 13.3 Å². The number of hydrogen-bond donors (Lipinski definition) is 2. The molecule has 3 rings (SSSR count). The summed E-state index contributed by atoms with van der Waals surface area (Å²) >= 11 is 0. The monoisotopic (exact) mass is 316 g/mol. The number of hydrogen-bond acceptors (Lipinski definition) is 5. The normalized spacial score (nSPS) is 21.4. The number of aliphatic hydroxyl groups excluding tert-OH is 2. The molecule has 2 N–H and O–H groups in total. The minimum Gasteiger partial charge on any atom is -0.396 e. The van der Waals surface area contributed by atoms with Gasteiger partial charge in [-0.25, -0.2) is 0 Å². The summed E-state index contributed by atoms with van der Waals surface area (Å²) < 4.78 is 5.23. The first kappa shape index (κ1) is 15.7. The molecule has 1 aromatic carbocycles. The largest absolute Gasteiger partial charge is 0.396 e. The molecule has 6 nitrogen and oxygen atoms in total. The fourth-order valence-electron chi connectivity index (χ4n) is 2.95. The summed E-state index contributed by atoms with van der Waals surface area (Å²) in [6, 6.07) is 9.41. The highest BCUT2D eigenvalue weighted by Crippen LogP contribution is 2.28. The third kappa shape index (κ3) is 3.00. The number of amides is 1. The van der Waals surface area contributed by atoms with Gasteiger partial charge in [0.05, 0.1) is 6.10 Å². The lowest BCUT2D eigenvalue weighted by molar-refractivity contribution is 0.000831. The van der Waals surface area contributed by atoms with Crippen LogP contribution in [0.3, 0.4) is 0 Å². The van der Waals surface area contributed by atoms with Crippen LogP contribution in [0, 0.1) is 12.8 Å². The van der Waals surface area contributed by atoms with Crippen LogP contribution in [0.15, 0.2) is 34.9 Å². The Morgan fingerprint density at radius 3 is 2.78 bits per heavy atom. The lowest BCUT2D eigenvalue weighted by Crippen LogP contribution is -2.47. The number of likely N-dealkylation sites (tertiary alicyclic amines) is 1. The Bertz CT molecular complexity index is 683. The van der Waals surface area contributed by atoms with Gasteiger partial charge in [0, 0.05) is 31.2 Å². The number of aryl methyl sites for hydroxylation is 1. The Labute approximate surface area is 134 Å². The van der Waals surface area contributed by atoms with Gasteiger partial charge in [0.25, 0.3) is 5.91 Å². The third-order valence-electron chi connectivity index (χ3n) is 4.37. The average Bonchev–Trinajstić information content (AvgIpc) is 2.96. The molecule has 0 spiro atoms. The molecule has 0 radical (unpaired) electrons. The number of piperidine rings is 1. The molecule has 122 valence electrons. The van der Waals surface area contributed by atoms with Crippen LogP contribution in [0.25, 0.3) is 11.3 Å². The maximum absolute atomic E-state index is 12.9. The fraction of sp³-hybridized carbons (Fsp3) is 0.412. The van der Waals surface area contributed by atoms with Crippen molar-refractivity contribution in [2.24, 2.45) is 5.92 Å². The van der Waals surface area contributed by atoms with Crippen LogP contribution in [0.5, 0.6) is 0 Å². The van der Waals surface area contributed by atoms with E-state index in [1.807, 2.05) is 30.3 Å². The molecule has 1 aliphatic heterocycles.